The number of nitrogens with zero attached hydrogens (tertiary/aromatic N) is 2. The van der Waals surface area contributed by atoms with Crippen LogP contribution in [0.4, 0.5) is 0 Å². The SMILES string of the molecule is CC(=O)c1cccc(S(=O)(=O)NCCc2ccn(C)n2)c1. The van der Waals surface area contributed by atoms with Gasteiger partial charge in [0.15, 0.2) is 5.78 Å². The second-order valence-corrected chi connectivity index (χ2v) is 6.48. The Kier molecular flexibility index (Phi) is 4.54. The van der Waals surface area contributed by atoms with Gasteiger partial charge in [0.25, 0.3) is 0 Å². The molecule has 0 atom stereocenters. The Labute approximate surface area is 123 Å². The number of ketones is 1. The number of hydrogen-bond acceptors (Lipinski definition) is 4. The van der Waals surface area contributed by atoms with Gasteiger partial charge in [0.1, 0.15) is 0 Å². The van der Waals surface area contributed by atoms with Crippen molar-refractivity contribution in [3.63, 3.8) is 0 Å². The lowest BCUT2D eigenvalue weighted by Gasteiger charge is -2.07. The van der Waals surface area contributed by atoms with E-state index in [2.05, 4.69) is 9.82 Å². The minimum absolute atomic E-state index is 0.0937. The number of sulfonamides is 1. The Morgan fingerprint density at radius 2 is 2.10 bits per heavy atom. The van der Waals surface area contributed by atoms with Crippen molar-refractivity contribution in [3.05, 3.63) is 47.8 Å². The predicted molar refractivity (Wildman–Crippen MR) is 78.5 cm³/mol. The van der Waals surface area contributed by atoms with Crippen LogP contribution in [0.15, 0.2) is 41.4 Å². The van der Waals surface area contributed by atoms with Crippen molar-refractivity contribution >= 4 is 15.8 Å². The molecule has 21 heavy (non-hydrogen) atoms. The summed E-state index contributed by atoms with van der Waals surface area (Å²) in [6.07, 6.45) is 2.31. The maximum atomic E-state index is 12.2. The van der Waals surface area contributed by atoms with Crippen LogP contribution in [-0.4, -0.2) is 30.5 Å². The summed E-state index contributed by atoms with van der Waals surface area (Å²) in [7, 11) is -1.81. The van der Waals surface area contributed by atoms with Crippen LogP contribution < -0.4 is 4.72 Å². The molecule has 7 heteroatoms. The molecule has 112 valence electrons. The van der Waals surface area contributed by atoms with Crippen LogP contribution >= 0.6 is 0 Å². The molecule has 1 aromatic carbocycles. The molecule has 0 unspecified atom stereocenters. The van der Waals surface area contributed by atoms with E-state index in [1.165, 1.54) is 19.1 Å². The lowest BCUT2D eigenvalue weighted by molar-refractivity contribution is 0.101. The van der Waals surface area contributed by atoms with Crippen LogP contribution in [0.25, 0.3) is 0 Å². The second-order valence-electron chi connectivity index (χ2n) is 4.71. The summed E-state index contributed by atoms with van der Waals surface area (Å²) in [6.45, 7) is 1.66. The molecule has 0 aliphatic carbocycles. The molecule has 1 heterocycles. The minimum Gasteiger partial charge on any atom is -0.295 e. The third kappa shape index (κ3) is 3.99. The standard InChI is InChI=1S/C14H17N3O3S/c1-11(18)12-4-3-5-14(10-12)21(19,20)15-8-6-13-7-9-17(2)16-13/h3-5,7,9-10,15H,6,8H2,1-2H3. The highest BCUT2D eigenvalue weighted by molar-refractivity contribution is 7.89. The van der Waals surface area contributed by atoms with E-state index in [1.54, 1.807) is 30.1 Å². The summed E-state index contributed by atoms with van der Waals surface area (Å²) in [5.41, 5.74) is 1.19. The Balaban J connectivity index is 2.04. The van der Waals surface area contributed by atoms with Gasteiger partial charge in [-0.05, 0) is 25.1 Å². The van der Waals surface area contributed by atoms with Gasteiger partial charge in [-0.25, -0.2) is 13.1 Å². The number of aromatic nitrogens is 2. The van der Waals surface area contributed by atoms with E-state index < -0.39 is 10.0 Å². The number of rotatable bonds is 6. The normalized spacial score (nSPS) is 11.5. The fourth-order valence-electron chi connectivity index (χ4n) is 1.88. The van der Waals surface area contributed by atoms with E-state index in [0.717, 1.165) is 5.69 Å². The molecule has 2 rings (SSSR count). The van der Waals surface area contributed by atoms with Crippen molar-refractivity contribution in [1.29, 1.82) is 0 Å². The van der Waals surface area contributed by atoms with Crippen molar-refractivity contribution in [2.75, 3.05) is 6.54 Å². The molecule has 0 saturated carbocycles. The third-order valence-corrected chi connectivity index (χ3v) is 4.45. The zero-order chi connectivity index (χ0) is 15.5. The highest BCUT2D eigenvalue weighted by atomic mass is 32.2. The molecule has 0 bridgehead atoms. The third-order valence-electron chi connectivity index (χ3n) is 2.99. The number of benzene rings is 1. The van der Waals surface area contributed by atoms with Crippen LogP contribution in [0.5, 0.6) is 0 Å². The van der Waals surface area contributed by atoms with Gasteiger partial charge in [0.05, 0.1) is 10.6 Å². The Morgan fingerprint density at radius 1 is 1.33 bits per heavy atom. The van der Waals surface area contributed by atoms with Gasteiger partial charge in [-0.1, -0.05) is 12.1 Å². The van der Waals surface area contributed by atoms with Crippen LogP contribution in [0, 0.1) is 0 Å². The fourth-order valence-corrected chi connectivity index (χ4v) is 2.95. The molecular formula is C14H17N3O3S. The molecule has 2 aromatic rings. The van der Waals surface area contributed by atoms with Gasteiger partial charge in [-0.15, -0.1) is 0 Å². The zero-order valence-electron chi connectivity index (χ0n) is 11.9. The molecule has 0 spiro atoms. The number of carbonyl (C=O) groups is 1. The fraction of sp³-hybridized carbons (Fsp3) is 0.286. The molecule has 0 amide bonds. The lowest BCUT2D eigenvalue weighted by Crippen LogP contribution is -2.26. The van der Waals surface area contributed by atoms with Crippen molar-refractivity contribution < 1.29 is 13.2 Å². The minimum atomic E-state index is -3.62. The quantitative estimate of drug-likeness (QED) is 0.812. The smallest absolute Gasteiger partial charge is 0.240 e. The van der Waals surface area contributed by atoms with Gasteiger partial charge in [0, 0.05) is 31.8 Å². The van der Waals surface area contributed by atoms with E-state index in [0.29, 0.717) is 12.0 Å². The highest BCUT2D eigenvalue weighted by Gasteiger charge is 2.14. The second kappa shape index (κ2) is 6.19. The zero-order valence-corrected chi connectivity index (χ0v) is 12.7. The van der Waals surface area contributed by atoms with Gasteiger partial charge in [0.2, 0.25) is 10.0 Å². The van der Waals surface area contributed by atoms with E-state index >= 15 is 0 Å². The molecule has 0 radical (unpaired) electrons. The maximum Gasteiger partial charge on any atom is 0.240 e. The maximum absolute atomic E-state index is 12.2. The summed E-state index contributed by atoms with van der Waals surface area (Å²) in [4.78, 5) is 11.4. The van der Waals surface area contributed by atoms with Crippen molar-refractivity contribution in [3.8, 4) is 0 Å². The van der Waals surface area contributed by atoms with E-state index in [-0.39, 0.29) is 17.2 Å². The number of aryl methyl sites for hydroxylation is 1. The van der Waals surface area contributed by atoms with E-state index in [1.807, 2.05) is 6.07 Å². The summed E-state index contributed by atoms with van der Waals surface area (Å²) >= 11 is 0. The highest BCUT2D eigenvalue weighted by Crippen LogP contribution is 2.12. The molecule has 6 nitrogen and oxygen atoms in total. The van der Waals surface area contributed by atoms with Gasteiger partial charge in [-0.3, -0.25) is 9.48 Å². The first-order chi connectivity index (χ1) is 9.88. The summed E-state index contributed by atoms with van der Waals surface area (Å²) in [5, 5.41) is 4.18. The molecule has 1 N–H and O–H groups in total. The number of carbonyl (C=O) groups excluding carboxylic acids is 1. The first kappa shape index (κ1) is 15.4. The average Bonchev–Trinajstić information content (AvgIpc) is 2.84. The Hall–Kier alpha value is -1.99. The van der Waals surface area contributed by atoms with Crippen molar-refractivity contribution in [1.82, 2.24) is 14.5 Å². The van der Waals surface area contributed by atoms with E-state index in [4.69, 9.17) is 0 Å². The van der Waals surface area contributed by atoms with Gasteiger partial charge in [-0.2, -0.15) is 5.10 Å². The number of hydrogen-bond donors (Lipinski definition) is 1. The average molecular weight is 307 g/mol. The molecule has 0 saturated heterocycles. The molecule has 0 aliphatic rings. The van der Waals surface area contributed by atoms with Crippen LogP contribution in [-0.2, 0) is 23.5 Å². The molecule has 0 aliphatic heterocycles. The number of Topliss-reactive ketones (excluding diaryl/α,β-unsaturated/α-hetero) is 1. The van der Waals surface area contributed by atoms with Gasteiger partial charge >= 0.3 is 0 Å². The summed E-state index contributed by atoms with van der Waals surface area (Å²) in [6, 6.07) is 7.84. The monoisotopic (exact) mass is 307 g/mol. The molecule has 0 fully saturated rings. The van der Waals surface area contributed by atoms with E-state index in [9.17, 15) is 13.2 Å². The Morgan fingerprint density at radius 3 is 2.71 bits per heavy atom. The topological polar surface area (TPSA) is 81.1 Å². The largest absolute Gasteiger partial charge is 0.295 e. The molecular weight excluding hydrogens is 290 g/mol. The number of nitrogens with one attached hydrogen (secondary N) is 1. The lowest BCUT2D eigenvalue weighted by atomic mass is 10.2. The van der Waals surface area contributed by atoms with Crippen molar-refractivity contribution in [2.24, 2.45) is 7.05 Å². The Bertz CT molecular complexity index is 750. The molecule has 1 aromatic heterocycles. The first-order valence-electron chi connectivity index (χ1n) is 6.48. The van der Waals surface area contributed by atoms with Crippen LogP contribution in [0.1, 0.15) is 23.0 Å². The first-order valence-corrected chi connectivity index (χ1v) is 7.96. The summed E-state index contributed by atoms with van der Waals surface area (Å²) < 4.78 is 28.5. The predicted octanol–water partition coefficient (Wildman–Crippen LogP) is 1.14. The summed E-state index contributed by atoms with van der Waals surface area (Å²) in [5.74, 6) is -0.166. The van der Waals surface area contributed by atoms with Crippen molar-refractivity contribution in [2.45, 2.75) is 18.2 Å². The van der Waals surface area contributed by atoms with Gasteiger partial charge < -0.3 is 0 Å². The van der Waals surface area contributed by atoms with Crippen LogP contribution in [0.3, 0.4) is 0 Å². The van der Waals surface area contributed by atoms with Crippen LogP contribution in [0.2, 0.25) is 0 Å².